The fourth-order valence-corrected chi connectivity index (χ4v) is 3.55. The number of hydrogen-bond donors (Lipinski definition) is 2. The maximum Gasteiger partial charge on any atom is 0.337 e. The Hall–Kier alpha value is -1.98. The highest BCUT2D eigenvalue weighted by atomic mass is 35.5. The van der Waals surface area contributed by atoms with Crippen molar-refractivity contribution in [1.29, 1.82) is 0 Å². The highest BCUT2D eigenvalue weighted by Gasteiger charge is 2.41. The lowest BCUT2D eigenvalue weighted by molar-refractivity contribution is -0.136. The number of aromatic amines is 1. The van der Waals surface area contributed by atoms with Crippen LogP contribution in [0.15, 0.2) is 29.5 Å². The predicted octanol–water partition coefficient (Wildman–Crippen LogP) is 3.39. The summed E-state index contributed by atoms with van der Waals surface area (Å²) in [7, 11) is 0. The fraction of sp³-hybridized carbons (Fsp3) is 0.200. The van der Waals surface area contributed by atoms with Gasteiger partial charge in [0.05, 0.1) is 17.2 Å². The van der Waals surface area contributed by atoms with Crippen LogP contribution in [0, 0.1) is 6.92 Å². The lowest BCUT2D eigenvalue weighted by Crippen LogP contribution is -2.20. The number of carbonyl (C=O) groups excluding carboxylic acids is 1. The Morgan fingerprint density at radius 3 is 2.95 bits per heavy atom. The normalized spacial score (nSPS) is 19.6. The summed E-state index contributed by atoms with van der Waals surface area (Å²) in [5.74, 6) is 0.0556. The quantitative estimate of drug-likeness (QED) is 0.784. The summed E-state index contributed by atoms with van der Waals surface area (Å²) in [6, 6.07) is 5.28. The lowest BCUT2D eigenvalue weighted by Gasteiger charge is -2.25. The summed E-state index contributed by atoms with van der Waals surface area (Å²) in [4.78, 5) is 12.2. The molecule has 0 amide bonds. The number of carbonyl (C=O) groups is 1. The van der Waals surface area contributed by atoms with Crippen molar-refractivity contribution in [3.05, 3.63) is 56.3 Å². The van der Waals surface area contributed by atoms with Gasteiger partial charge in [0.15, 0.2) is 5.82 Å². The Labute approximate surface area is 136 Å². The highest BCUT2D eigenvalue weighted by Crippen LogP contribution is 2.46. The molecule has 2 N–H and O–H groups in total. The van der Waals surface area contributed by atoms with Crippen molar-refractivity contribution in [3.8, 4) is 0 Å². The van der Waals surface area contributed by atoms with E-state index in [1.54, 1.807) is 12.1 Å². The van der Waals surface area contributed by atoms with Crippen LogP contribution in [0.25, 0.3) is 0 Å². The smallest absolute Gasteiger partial charge is 0.337 e. The van der Waals surface area contributed by atoms with Crippen molar-refractivity contribution in [2.75, 3.05) is 11.9 Å². The average molecular weight is 336 g/mol. The molecule has 1 aromatic carbocycles. The van der Waals surface area contributed by atoms with Gasteiger partial charge in [-0.1, -0.05) is 29.3 Å². The zero-order valence-electron chi connectivity index (χ0n) is 11.5. The number of H-pyrrole nitrogens is 1. The van der Waals surface area contributed by atoms with E-state index < -0.39 is 0 Å². The van der Waals surface area contributed by atoms with Gasteiger partial charge in [-0.05, 0) is 24.6 Å². The third-order valence-electron chi connectivity index (χ3n) is 4.01. The van der Waals surface area contributed by atoms with Gasteiger partial charge in [0, 0.05) is 21.3 Å². The second kappa shape index (κ2) is 4.76. The van der Waals surface area contributed by atoms with Crippen LogP contribution in [0.1, 0.15) is 22.7 Å². The molecule has 3 heterocycles. The van der Waals surface area contributed by atoms with Gasteiger partial charge in [-0.2, -0.15) is 5.10 Å². The van der Waals surface area contributed by atoms with Crippen LogP contribution in [0.2, 0.25) is 10.0 Å². The zero-order chi connectivity index (χ0) is 15.4. The van der Waals surface area contributed by atoms with E-state index >= 15 is 0 Å². The molecule has 2 aliphatic rings. The van der Waals surface area contributed by atoms with Crippen LogP contribution in [-0.2, 0) is 9.53 Å². The predicted molar refractivity (Wildman–Crippen MR) is 83.2 cm³/mol. The van der Waals surface area contributed by atoms with Gasteiger partial charge in [-0.15, -0.1) is 0 Å². The summed E-state index contributed by atoms with van der Waals surface area (Å²) in [6.45, 7) is 2.14. The maximum atomic E-state index is 12.2. The SMILES string of the molecule is Cc1[nH]nc2c1[C@@H](c1ccc(Cl)cc1Cl)C1=C(COC1=O)N2. The molecule has 22 heavy (non-hydrogen) atoms. The van der Waals surface area contributed by atoms with E-state index in [1.807, 2.05) is 13.0 Å². The Balaban J connectivity index is 1.98. The summed E-state index contributed by atoms with van der Waals surface area (Å²) in [6.07, 6.45) is 0. The summed E-state index contributed by atoms with van der Waals surface area (Å²) in [5.41, 5.74) is 3.91. The summed E-state index contributed by atoms with van der Waals surface area (Å²) >= 11 is 12.4. The molecular formula is C15H11Cl2N3O2. The average Bonchev–Trinajstić information content (AvgIpc) is 3.02. The van der Waals surface area contributed by atoms with E-state index in [9.17, 15) is 4.79 Å². The number of nitrogens with zero attached hydrogens (tertiary/aromatic N) is 1. The molecule has 2 aliphatic heterocycles. The molecule has 5 nitrogen and oxygen atoms in total. The number of anilines is 1. The number of rotatable bonds is 1. The van der Waals surface area contributed by atoms with Crippen LogP contribution in [-0.4, -0.2) is 22.8 Å². The molecule has 0 saturated carbocycles. The van der Waals surface area contributed by atoms with Crippen molar-refractivity contribution < 1.29 is 9.53 Å². The van der Waals surface area contributed by atoms with E-state index in [2.05, 4.69) is 15.5 Å². The standard InChI is InChI=1S/C15H11Cl2N3O2/c1-6-11-12(8-3-2-7(16)4-9(8)17)13-10(5-22-15(13)21)18-14(11)20-19-6/h2-4,12H,5H2,1H3,(H2,18,19,20)/t12-/m1/s1. The Kier molecular flexibility index (Phi) is 2.96. The largest absolute Gasteiger partial charge is 0.456 e. The molecule has 1 atom stereocenters. The lowest BCUT2D eigenvalue weighted by atomic mass is 9.82. The number of aryl methyl sites for hydroxylation is 1. The van der Waals surface area contributed by atoms with Gasteiger partial charge in [0.2, 0.25) is 0 Å². The van der Waals surface area contributed by atoms with Gasteiger partial charge in [0.25, 0.3) is 0 Å². The molecule has 4 rings (SSSR count). The van der Waals surface area contributed by atoms with Crippen molar-refractivity contribution in [2.45, 2.75) is 12.8 Å². The number of fused-ring (bicyclic) bond motifs is 1. The molecule has 0 fully saturated rings. The Morgan fingerprint density at radius 2 is 2.18 bits per heavy atom. The van der Waals surface area contributed by atoms with Gasteiger partial charge in [0.1, 0.15) is 6.61 Å². The van der Waals surface area contributed by atoms with E-state index in [4.69, 9.17) is 27.9 Å². The van der Waals surface area contributed by atoms with E-state index in [-0.39, 0.29) is 18.5 Å². The molecule has 0 unspecified atom stereocenters. The van der Waals surface area contributed by atoms with Crippen molar-refractivity contribution in [3.63, 3.8) is 0 Å². The first-order valence-corrected chi connectivity index (χ1v) is 7.49. The van der Waals surface area contributed by atoms with E-state index in [0.717, 1.165) is 22.5 Å². The molecule has 1 aromatic heterocycles. The van der Waals surface area contributed by atoms with Crippen LogP contribution in [0.5, 0.6) is 0 Å². The van der Waals surface area contributed by atoms with Crippen LogP contribution in [0.4, 0.5) is 5.82 Å². The van der Waals surface area contributed by atoms with Crippen LogP contribution < -0.4 is 5.32 Å². The Bertz CT molecular complexity index is 841. The van der Waals surface area contributed by atoms with Gasteiger partial charge >= 0.3 is 5.97 Å². The molecule has 7 heteroatoms. The Morgan fingerprint density at radius 1 is 1.36 bits per heavy atom. The molecular weight excluding hydrogens is 325 g/mol. The van der Waals surface area contributed by atoms with Gasteiger partial charge in [-0.3, -0.25) is 5.10 Å². The fourth-order valence-electron chi connectivity index (χ4n) is 3.03. The zero-order valence-corrected chi connectivity index (χ0v) is 13.0. The topological polar surface area (TPSA) is 67.0 Å². The number of cyclic esters (lactones) is 1. The van der Waals surface area contributed by atoms with Crippen LogP contribution >= 0.6 is 23.2 Å². The minimum Gasteiger partial charge on any atom is -0.456 e. The summed E-state index contributed by atoms with van der Waals surface area (Å²) < 4.78 is 5.17. The first-order valence-electron chi connectivity index (χ1n) is 6.73. The molecule has 2 aromatic rings. The van der Waals surface area contributed by atoms with Crippen molar-refractivity contribution in [1.82, 2.24) is 10.2 Å². The highest BCUT2D eigenvalue weighted by molar-refractivity contribution is 6.35. The van der Waals surface area contributed by atoms with Crippen molar-refractivity contribution in [2.24, 2.45) is 0 Å². The minimum atomic E-state index is -0.329. The molecule has 0 spiro atoms. The number of nitrogens with one attached hydrogen (secondary N) is 2. The number of esters is 1. The maximum absolute atomic E-state index is 12.2. The molecule has 112 valence electrons. The van der Waals surface area contributed by atoms with E-state index in [0.29, 0.717) is 21.4 Å². The number of benzene rings is 1. The second-order valence-electron chi connectivity index (χ2n) is 5.30. The molecule has 0 bridgehead atoms. The number of aromatic nitrogens is 2. The van der Waals surface area contributed by atoms with E-state index in [1.165, 1.54) is 0 Å². The number of ether oxygens (including phenoxy) is 1. The first-order chi connectivity index (χ1) is 10.6. The van der Waals surface area contributed by atoms with Crippen LogP contribution in [0.3, 0.4) is 0 Å². The van der Waals surface area contributed by atoms with Gasteiger partial charge in [-0.25, -0.2) is 4.79 Å². The molecule has 0 radical (unpaired) electrons. The minimum absolute atomic E-state index is 0.223. The van der Waals surface area contributed by atoms with Gasteiger partial charge < -0.3 is 10.1 Å². The first kappa shape index (κ1) is 13.7. The molecule has 0 aliphatic carbocycles. The number of hydrogen-bond acceptors (Lipinski definition) is 4. The van der Waals surface area contributed by atoms with Crippen molar-refractivity contribution >= 4 is 35.0 Å². The number of halogens is 2. The second-order valence-corrected chi connectivity index (χ2v) is 6.15. The third kappa shape index (κ3) is 1.86. The molecule has 0 saturated heterocycles. The monoisotopic (exact) mass is 335 g/mol. The third-order valence-corrected chi connectivity index (χ3v) is 4.57. The summed E-state index contributed by atoms with van der Waals surface area (Å²) in [5, 5.41) is 11.4.